The largest absolute Gasteiger partial charge is 0.369 e. The van der Waals surface area contributed by atoms with Gasteiger partial charge in [0, 0.05) is 17.9 Å². The predicted molar refractivity (Wildman–Crippen MR) is 58.0 cm³/mol. The quantitative estimate of drug-likeness (QED) is 0.445. The average Bonchev–Trinajstić information content (AvgIpc) is 2.11. The van der Waals surface area contributed by atoms with E-state index >= 15 is 0 Å². The zero-order valence-electron chi connectivity index (χ0n) is 7.14. The molecule has 13 heavy (non-hydrogen) atoms. The number of rotatable bonds is 6. The molecule has 0 spiro atoms. The first-order valence-electron chi connectivity index (χ1n) is 3.82. The highest BCUT2D eigenvalue weighted by atomic mass is 32.1. The van der Waals surface area contributed by atoms with Gasteiger partial charge in [-0.1, -0.05) is 0 Å². The van der Waals surface area contributed by atoms with E-state index in [4.69, 9.17) is 11.5 Å². The third-order valence-electron chi connectivity index (χ3n) is 1.68. The van der Waals surface area contributed by atoms with Crippen LogP contribution in [-0.4, -0.2) is 29.2 Å². The first-order chi connectivity index (χ1) is 6.02. The summed E-state index contributed by atoms with van der Waals surface area (Å²) in [5, 5.41) is 0. The molecule has 0 aliphatic heterocycles. The molecule has 0 bridgehead atoms. The Balaban J connectivity index is 4.09. The topological polar surface area (TPSA) is 86.2 Å². The van der Waals surface area contributed by atoms with Crippen molar-refractivity contribution in [3.63, 3.8) is 0 Å². The molecule has 6 heteroatoms. The molecule has 0 aromatic rings. The lowest BCUT2D eigenvalue weighted by atomic mass is 10.0. The number of nitrogens with two attached hydrogens (primary N) is 2. The van der Waals surface area contributed by atoms with E-state index in [0.717, 1.165) is 0 Å². The summed E-state index contributed by atoms with van der Waals surface area (Å²) in [6, 6.07) is -0.620. The van der Waals surface area contributed by atoms with Gasteiger partial charge in [0.15, 0.2) is 5.78 Å². The SMILES string of the molecule is NC(=O)[C@@H](CS)CC(=O)[C@@H](N)CS. The van der Waals surface area contributed by atoms with E-state index in [0.29, 0.717) is 0 Å². The smallest absolute Gasteiger partial charge is 0.221 e. The van der Waals surface area contributed by atoms with Crippen LogP contribution >= 0.6 is 25.3 Å². The minimum absolute atomic E-state index is 0.0561. The fourth-order valence-corrected chi connectivity index (χ4v) is 1.26. The van der Waals surface area contributed by atoms with E-state index in [9.17, 15) is 9.59 Å². The Labute approximate surface area is 88.2 Å². The molecule has 0 heterocycles. The molecular weight excluding hydrogens is 208 g/mol. The maximum Gasteiger partial charge on any atom is 0.221 e. The first kappa shape index (κ1) is 12.8. The number of carbonyl (C=O) groups excluding carboxylic acids is 2. The van der Waals surface area contributed by atoms with E-state index in [2.05, 4.69) is 25.3 Å². The monoisotopic (exact) mass is 222 g/mol. The van der Waals surface area contributed by atoms with Gasteiger partial charge < -0.3 is 11.5 Å². The minimum atomic E-state index is -0.620. The fraction of sp³-hybridized carbons (Fsp3) is 0.714. The van der Waals surface area contributed by atoms with Crippen LogP contribution in [0.1, 0.15) is 6.42 Å². The second-order valence-corrected chi connectivity index (χ2v) is 3.47. The Morgan fingerprint density at radius 1 is 1.23 bits per heavy atom. The van der Waals surface area contributed by atoms with Gasteiger partial charge in [-0.15, -0.1) is 0 Å². The van der Waals surface area contributed by atoms with Crippen molar-refractivity contribution >= 4 is 36.9 Å². The molecule has 0 aliphatic carbocycles. The molecule has 0 aromatic heterocycles. The summed E-state index contributed by atoms with van der Waals surface area (Å²) in [4.78, 5) is 22.0. The number of ketones is 1. The minimum Gasteiger partial charge on any atom is -0.369 e. The number of amides is 1. The molecule has 2 atom stereocenters. The molecule has 0 rings (SSSR count). The zero-order chi connectivity index (χ0) is 10.4. The second kappa shape index (κ2) is 6.28. The van der Waals surface area contributed by atoms with E-state index < -0.39 is 17.9 Å². The first-order valence-corrected chi connectivity index (χ1v) is 5.08. The average molecular weight is 222 g/mol. The van der Waals surface area contributed by atoms with Crippen molar-refractivity contribution in [3.05, 3.63) is 0 Å². The molecule has 0 fully saturated rings. The van der Waals surface area contributed by atoms with Crippen LogP contribution in [0.3, 0.4) is 0 Å². The number of hydrogen-bond donors (Lipinski definition) is 4. The fourth-order valence-electron chi connectivity index (χ4n) is 0.751. The van der Waals surface area contributed by atoms with E-state index in [-0.39, 0.29) is 23.7 Å². The Kier molecular flexibility index (Phi) is 6.19. The molecular formula is C7H14N2O2S2. The van der Waals surface area contributed by atoms with Crippen molar-refractivity contribution in [2.45, 2.75) is 12.5 Å². The van der Waals surface area contributed by atoms with Crippen LogP contribution in [0, 0.1) is 5.92 Å². The lowest BCUT2D eigenvalue weighted by Crippen LogP contribution is -2.36. The van der Waals surface area contributed by atoms with Gasteiger partial charge in [-0.2, -0.15) is 25.3 Å². The van der Waals surface area contributed by atoms with Crippen LogP contribution in [-0.2, 0) is 9.59 Å². The number of Topliss-reactive ketones (excluding diaryl/α,β-unsaturated/α-hetero) is 1. The highest BCUT2D eigenvalue weighted by Crippen LogP contribution is 2.07. The lowest BCUT2D eigenvalue weighted by molar-refractivity contribution is -0.127. The third kappa shape index (κ3) is 4.54. The molecule has 0 unspecified atom stereocenters. The van der Waals surface area contributed by atoms with E-state index in [1.54, 1.807) is 0 Å². The Bertz CT molecular complexity index is 199. The van der Waals surface area contributed by atoms with Gasteiger partial charge in [0.2, 0.25) is 5.91 Å². The van der Waals surface area contributed by atoms with E-state index in [1.165, 1.54) is 0 Å². The molecule has 0 saturated carbocycles. The Hall–Kier alpha value is -0.200. The van der Waals surface area contributed by atoms with Gasteiger partial charge in [0.1, 0.15) is 0 Å². The van der Waals surface area contributed by atoms with Crippen molar-refractivity contribution in [2.75, 3.05) is 11.5 Å². The maximum absolute atomic E-state index is 11.2. The number of primary amides is 1. The predicted octanol–water partition coefficient (Wildman–Crippen LogP) is -0.766. The van der Waals surface area contributed by atoms with Gasteiger partial charge in [-0.25, -0.2) is 0 Å². The summed E-state index contributed by atoms with van der Waals surface area (Å²) in [7, 11) is 0. The lowest BCUT2D eigenvalue weighted by Gasteiger charge is -2.12. The summed E-state index contributed by atoms with van der Waals surface area (Å²) in [6.45, 7) is 0. The molecule has 4 N–H and O–H groups in total. The Morgan fingerprint density at radius 2 is 1.77 bits per heavy atom. The van der Waals surface area contributed by atoms with Gasteiger partial charge in [-0.3, -0.25) is 9.59 Å². The summed E-state index contributed by atoms with van der Waals surface area (Å²) in [5.74, 6) is -0.707. The van der Waals surface area contributed by atoms with E-state index in [1.807, 2.05) is 0 Å². The van der Waals surface area contributed by atoms with Crippen LogP contribution in [0.25, 0.3) is 0 Å². The number of thiol groups is 2. The van der Waals surface area contributed by atoms with Gasteiger partial charge in [-0.05, 0) is 0 Å². The van der Waals surface area contributed by atoms with Gasteiger partial charge >= 0.3 is 0 Å². The third-order valence-corrected chi connectivity index (χ3v) is 2.51. The maximum atomic E-state index is 11.2. The van der Waals surface area contributed by atoms with Crippen molar-refractivity contribution < 1.29 is 9.59 Å². The summed E-state index contributed by atoms with van der Waals surface area (Å²) >= 11 is 7.79. The molecule has 4 nitrogen and oxygen atoms in total. The standard InChI is InChI=1S/C7H14N2O2S2/c8-5(3-13)6(10)1-4(2-12)7(9)11/h4-5,12-13H,1-3,8H2,(H2,9,11)/t4-,5+/m1/s1. The normalized spacial score (nSPS) is 15.0. The summed E-state index contributed by atoms with van der Waals surface area (Å²) < 4.78 is 0. The molecule has 76 valence electrons. The Morgan fingerprint density at radius 3 is 2.08 bits per heavy atom. The molecule has 0 saturated heterocycles. The molecule has 1 amide bonds. The van der Waals surface area contributed by atoms with Crippen molar-refractivity contribution in [1.82, 2.24) is 0 Å². The second-order valence-electron chi connectivity index (χ2n) is 2.74. The zero-order valence-corrected chi connectivity index (χ0v) is 8.93. The van der Waals surface area contributed by atoms with Crippen molar-refractivity contribution in [3.8, 4) is 0 Å². The van der Waals surface area contributed by atoms with Crippen LogP contribution in [0.4, 0.5) is 0 Å². The molecule has 0 radical (unpaired) electrons. The van der Waals surface area contributed by atoms with Crippen molar-refractivity contribution in [2.24, 2.45) is 17.4 Å². The van der Waals surface area contributed by atoms with Crippen LogP contribution in [0.5, 0.6) is 0 Å². The van der Waals surface area contributed by atoms with Crippen LogP contribution < -0.4 is 11.5 Å². The number of hydrogen-bond acceptors (Lipinski definition) is 5. The molecule has 0 aliphatic rings. The van der Waals surface area contributed by atoms with Crippen LogP contribution in [0.2, 0.25) is 0 Å². The summed E-state index contributed by atoms with van der Waals surface area (Å²) in [6.07, 6.45) is 0.0561. The highest BCUT2D eigenvalue weighted by Gasteiger charge is 2.20. The molecule has 0 aromatic carbocycles. The highest BCUT2D eigenvalue weighted by molar-refractivity contribution is 7.80. The van der Waals surface area contributed by atoms with Gasteiger partial charge in [0.05, 0.1) is 12.0 Å². The number of carbonyl (C=O) groups is 2. The summed E-state index contributed by atoms with van der Waals surface area (Å²) in [5.41, 5.74) is 10.5. The van der Waals surface area contributed by atoms with Gasteiger partial charge in [0.25, 0.3) is 0 Å². The van der Waals surface area contributed by atoms with Crippen LogP contribution in [0.15, 0.2) is 0 Å². The van der Waals surface area contributed by atoms with Crippen molar-refractivity contribution in [1.29, 1.82) is 0 Å².